The van der Waals surface area contributed by atoms with E-state index in [1.807, 2.05) is 13.8 Å². The van der Waals surface area contributed by atoms with Gasteiger partial charge in [-0.15, -0.1) is 0 Å². The van der Waals surface area contributed by atoms with Crippen LogP contribution in [0, 0.1) is 5.41 Å². The molecule has 0 radical (unpaired) electrons. The number of urea groups is 1. The van der Waals surface area contributed by atoms with Crippen molar-refractivity contribution in [1.29, 1.82) is 0 Å². The summed E-state index contributed by atoms with van der Waals surface area (Å²) in [5.74, 6) is 0.112. The van der Waals surface area contributed by atoms with E-state index in [0.29, 0.717) is 6.54 Å². The highest BCUT2D eigenvalue weighted by molar-refractivity contribution is 5.86. The number of rotatable bonds is 4. The molecule has 0 bridgehead atoms. The van der Waals surface area contributed by atoms with E-state index < -0.39 is 5.41 Å². The van der Waals surface area contributed by atoms with E-state index in [9.17, 15) is 4.79 Å². The zero-order chi connectivity index (χ0) is 13.6. The number of nitrogens with zero attached hydrogens (tertiary/aromatic N) is 1. The van der Waals surface area contributed by atoms with E-state index in [1.165, 1.54) is 19.3 Å². The predicted octanol–water partition coefficient (Wildman–Crippen LogP) is 1.39. The Hall–Kier alpha value is -1.46. The predicted molar refractivity (Wildman–Crippen MR) is 70.6 cm³/mol. The fourth-order valence-electron chi connectivity index (χ4n) is 2.01. The van der Waals surface area contributed by atoms with Gasteiger partial charge in [0.1, 0.15) is 5.84 Å². The Balaban J connectivity index is 2.32. The molecule has 0 aromatic carbocycles. The molecule has 1 fully saturated rings. The molecule has 0 saturated heterocycles. The van der Waals surface area contributed by atoms with Crippen LogP contribution in [0.2, 0.25) is 0 Å². The van der Waals surface area contributed by atoms with E-state index >= 15 is 0 Å². The van der Waals surface area contributed by atoms with Crippen molar-refractivity contribution in [3.63, 3.8) is 0 Å². The molecule has 6 nitrogen and oxygen atoms in total. The lowest BCUT2D eigenvalue weighted by atomic mass is 9.92. The van der Waals surface area contributed by atoms with Gasteiger partial charge in [0.05, 0.1) is 0 Å². The fraction of sp³-hybridized carbons (Fsp3) is 0.833. The first-order valence-electron chi connectivity index (χ1n) is 6.48. The molecule has 2 amide bonds. The molecule has 0 unspecified atom stereocenters. The maximum Gasteiger partial charge on any atom is 0.315 e. The van der Waals surface area contributed by atoms with E-state index in [1.54, 1.807) is 0 Å². The Bertz CT molecular complexity index is 309. The third-order valence-electron chi connectivity index (χ3n) is 3.43. The van der Waals surface area contributed by atoms with Crippen LogP contribution in [0.25, 0.3) is 0 Å². The SMILES string of the molecule is CC(C)(CNC(=O)NC1CCCCC1)C(N)=NO. The Kier molecular flexibility index (Phi) is 5.25. The van der Waals surface area contributed by atoms with Crippen LogP contribution in [-0.4, -0.2) is 29.7 Å². The number of nitrogens with two attached hydrogens (primary N) is 1. The normalized spacial score (nSPS) is 18.4. The third-order valence-corrected chi connectivity index (χ3v) is 3.43. The van der Waals surface area contributed by atoms with Crippen molar-refractivity contribution in [3.05, 3.63) is 0 Å². The topological polar surface area (TPSA) is 99.7 Å². The summed E-state index contributed by atoms with van der Waals surface area (Å²) in [6.45, 7) is 3.95. The molecule has 6 heteroatoms. The molecule has 18 heavy (non-hydrogen) atoms. The summed E-state index contributed by atoms with van der Waals surface area (Å²) in [4.78, 5) is 11.7. The number of nitrogens with one attached hydrogen (secondary N) is 2. The first-order chi connectivity index (χ1) is 8.45. The minimum atomic E-state index is -0.557. The Morgan fingerprint density at radius 3 is 2.56 bits per heavy atom. The van der Waals surface area contributed by atoms with Crippen molar-refractivity contribution in [1.82, 2.24) is 10.6 Å². The standard InChI is InChI=1S/C12H24N4O2/c1-12(2,10(13)16-18)8-14-11(17)15-9-6-4-3-5-7-9/h9,18H,3-8H2,1-2H3,(H2,13,16)(H2,14,15,17). The van der Waals surface area contributed by atoms with Gasteiger partial charge in [-0.2, -0.15) is 0 Å². The zero-order valence-electron chi connectivity index (χ0n) is 11.2. The minimum absolute atomic E-state index is 0.112. The summed E-state index contributed by atoms with van der Waals surface area (Å²) < 4.78 is 0. The molecule has 1 aliphatic carbocycles. The second kappa shape index (κ2) is 6.47. The molecule has 0 spiro atoms. The van der Waals surface area contributed by atoms with Crippen molar-refractivity contribution in [3.8, 4) is 0 Å². The largest absolute Gasteiger partial charge is 0.409 e. The first-order valence-corrected chi connectivity index (χ1v) is 6.48. The molecule has 0 aromatic heterocycles. The average Bonchev–Trinajstić information content (AvgIpc) is 2.36. The van der Waals surface area contributed by atoms with E-state index in [4.69, 9.17) is 10.9 Å². The summed E-state index contributed by atoms with van der Waals surface area (Å²) in [7, 11) is 0. The average molecular weight is 256 g/mol. The van der Waals surface area contributed by atoms with Gasteiger partial charge < -0.3 is 21.6 Å². The van der Waals surface area contributed by atoms with Crippen molar-refractivity contribution >= 4 is 11.9 Å². The van der Waals surface area contributed by atoms with Gasteiger partial charge >= 0.3 is 6.03 Å². The number of carbonyl (C=O) groups is 1. The number of amides is 2. The van der Waals surface area contributed by atoms with Crippen LogP contribution in [0.1, 0.15) is 46.0 Å². The van der Waals surface area contributed by atoms with E-state index in [0.717, 1.165) is 12.8 Å². The second-order valence-electron chi connectivity index (χ2n) is 5.53. The molecule has 0 heterocycles. The van der Waals surface area contributed by atoms with Crippen LogP contribution in [0.3, 0.4) is 0 Å². The first kappa shape index (κ1) is 14.6. The van der Waals surface area contributed by atoms with Crippen molar-refractivity contribution in [2.24, 2.45) is 16.3 Å². The van der Waals surface area contributed by atoms with Gasteiger partial charge in [-0.3, -0.25) is 0 Å². The minimum Gasteiger partial charge on any atom is -0.409 e. The number of hydrogen-bond donors (Lipinski definition) is 4. The summed E-state index contributed by atoms with van der Waals surface area (Å²) in [6, 6.07) is 0.103. The van der Waals surface area contributed by atoms with Gasteiger partial charge in [0.25, 0.3) is 0 Å². The monoisotopic (exact) mass is 256 g/mol. The molecule has 0 aromatic rings. The van der Waals surface area contributed by atoms with E-state index in [2.05, 4.69) is 15.8 Å². The van der Waals surface area contributed by atoms with Gasteiger partial charge in [0, 0.05) is 18.0 Å². The highest BCUT2D eigenvalue weighted by Gasteiger charge is 2.25. The molecule has 1 saturated carbocycles. The highest BCUT2D eigenvalue weighted by Crippen LogP contribution is 2.17. The maximum atomic E-state index is 11.7. The van der Waals surface area contributed by atoms with Gasteiger partial charge in [0.2, 0.25) is 0 Å². The smallest absolute Gasteiger partial charge is 0.315 e. The summed E-state index contributed by atoms with van der Waals surface area (Å²) >= 11 is 0. The summed E-state index contributed by atoms with van der Waals surface area (Å²) in [5, 5.41) is 17.3. The maximum absolute atomic E-state index is 11.7. The van der Waals surface area contributed by atoms with Crippen LogP contribution < -0.4 is 16.4 Å². The summed E-state index contributed by atoms with van der Waals surface area (Å²) in [6.07, 6.45) is 5.73. The second-order valence-corrected chi connectivity index (χ2v) is 5.53. The number of oxime groups is 1. The van der Waals surface area contributed by atoms with Crippen LogP contribution in [0.15, 0.2) is 5.16 Å². The molecule has 0 atom stereocenters. The Morgan fingerprint density at radius 1 is 1.39 bits per heavy atom. The van der Waals surface area contributed by atoms with Crippen molar-refractivity contribution in [2.75, 3.05) is 6.54 Å². The Morgan fingerprint density at radius 2 is 2.00 bits per heavy atom. The lowest BCUT2D eigenvalue weighted by Gasteiger charge is -2.26. The van der Waals surface area contributed by atoms with Gasteiger partial charge in [0.15, 0.2) is 0 Å². The molecule has 1 aliphatic rings. The third kappa shape index (κ3) is 4.43. The van der Waals surface area contributed by atoms with Gasteiger partial charge in [-0.25, -0.2) is 4.79 Å². The van der Waals surface area contributed by atoms with Crippen molar-refractivity contribution in [2.45, 2.75) is 52.0 Å². The fourth-order valence-corrected chi connectivity index (χ4v) is 2.01. The van der Waals surface area contributed by atoms with Crippen LogP contribution in [0.5, 0.6) is 0 Å². The lowest BCUT2D eigenvalue weighted by molar-refractivity contribution is 0.229. The summed E-state index contributed by atoms with van der Waals surface area (Å²) in [5.41, 5.74) is 4.99. The number of carbonyl (C=O) groups excluding carboxylic acids is 1. The molecule has 5 N–H and O–H groups in total. The molecule has 0 aliphatic heterocycles. The molecule has 104 valence electrons. The van der Waals surface area contributed by atoms with Gasteiger partial charge in [-0.05, 0) is 12.8 Å². The lowest BCUT2D eigenvalue weighted by Crippen LogP contribution is -2.48. The van der Waals surface area contributed by atoms with Crippen LogP contribution in [0.4, 0.5) is 4.79 Å². The van der Waals surface area contributed by atoms with Crippen LogP contribution in [-0.2, 0) is 0 Å². The molecular weight excluding hydrogens is 232 g/mol. The zero-order valence-corrected chi connectivity index (χ0v) is 11.2. The Labute approximate surface area is 108 Å². The van der Waals surface area contributed by atoms with E-state index in [-0.39, 0.29) is 17.9 Å². The number of amidine groups is 1. The van der Waals surface area contributed by atoms with Crippen molar-refractivity contribution < 1.29 is 10.0 Å². The van der Waals surface area contributed by atoms with Crippen LogP contribution >= 0.6 is 0 Å². The quantitative estimate of drug-likeness (QED) is 0.265. The highest BCUT2D eigenvalue weighted by atomic mass is 16.4. The molecule has 1 rings (SSSR count). The van der Waals surface area contributed by atoms with Gasteiger partial charge in [-0.1, -0.05) is 38.3 Å². The number of hydrogen-bond acceptors (Lipinski definition) is 3. The molecular formula is C12H24N4O2.